The minimum atomic E-state index is 0.0271. The van der Waals surface area contributed by atoms with Gasteiger partial charge in [-0.25, -0.2) is 0 Å². The van der Waals surface area contributed by atoms with Crippen molar-refractivity contribution in [2.24, 2.45) is 0 Å². The molecule has 0 aliphatic carbocycles. The van der Waals surface area contributed by atoms with Crippen LogP contribution in [0, 0.1) is 11.3 Å². The van der Waals surface area contributed by atoms with Gasteiger partial charge in [0, 0.05) is 24.3 Å². The number of hydrogen-bond donors (Lipinski definition) is 4. The van der Waals surface area contributed by atoms with Crippen molar-refractivity contribution in [1.82, 2.24) is 25.3 Å². The number of carbonyl (C=O) groups is 3. The zero-order valence-electron chi connectivity index (χ0n) is 28.0. The van der Waals surface area contributed by atoms with E-state index in [4.69, 9.17) is 10.1 Å². The van der Waals surface area contributed by atoms with E-state index in [1.54, 1.807) is 25.4 Å². The van der Waals surface area contributed by atoms with E-state index in [0.29, 0.717) is 29.5 Å². The number of nitrogens with one attached hydrogen (secondary N) is 4. The van der Waals surface area contributed by atoms with Crippen molar-refractivity contribution in [2.45, 2.75) is 65.8 Å². The molecular formula is C33H54N8O3S. The number of thioether (sulfide) groups is 1. The van der Waals surface area contributed by atoms with E-state index >= 15 is 0 Å². The summed E-state index contributed by atoms with van der Waals surface area (Å²) < 4.78 is 0. The predicted octanol–water partition coefficient (Wildman–Crippen LogP) is 5.39. The molecule has 3 heterocycles. The highest BCUT2D eigenvalue weighted by Gasteiger charge is 2.25. The van der Waals surface area contributed by atoms with E-state index in [1.165, 1.54) is 68.4 Å². The van der Waals surface area contributed by atoms with E-state index in [1.807, 2.05) is 45.9 Å². The molecule has 0 radical (unpaired) electrons. The van der Waals surface area contributed by atoms with Gasteiger partial charge in [0.15, 0.2) is 0 Å². The molecule has 11 nitrogen and oxygen atoms in total. The van der Waals surface area contributed by atoms with E-state index < -0.39 is 0 Å². The fraction of sp³-hybridized carbons (Fsp3) is 0.545. The van der Waals surface area contributed by atoms with Crippen LogP contribution in [0.2, 0.25) is 0 Å². The number of likely N-dealkylation sites (tertiary alicyclic amines) is 1. The summed E-state index contributed by atoms with van der Waals surface area (Å²) >= 11 is 1.40. The molecule has 2 aromatic rings. The number of nitrogens with zero attached hydrogens (tertiary/aromatic N) is 4. The summed E-state index contributed by atoms with van der Waals surface area (Å²) in [5.41, 5.74) is 2.26. The second kappa shape index (κ2) is 26.7. The van der Waals surface area contributed by atoms with Crippen LogP contribution in [0.25, 0.3) is 0 Å². The van der Waals surface area contributed by atoms with Crippen LogP contribution >= 0.6 is 11.8 Å². The van der Waals surface area contributed by atoms with Crippen molar-refractivity contribution in [3.63, 3.8) is 0 Å². The van der Waals surface area contributed by atoms with Gasteiger partial charge in [-0.05, 0) is 84.5 Å². The van der Waals surface area contributed by atoms with Gasteiger partial charge in [0.1, 0.15) is 18.9 Å². The number of nitriles is 1. The Morgan fingerprint density at radius 2 is 1.87 bits per heavy atom. The topological polar surface area (TPSA) is 146 Å². The van der Waals surface area contributed by atoms with Crippen molar-refractivity contribution in [2.75, 3.05) is 63.2 Å². The van der Waals surface area contributed by atoms with Gasteiger partial charge in [0.25, 0.3) is 0 Å². The second-order valence-electron chi connectivity index (χ2n) is 10.2. The first-order chi connectivity index (χ1) is 21.9. The Kier molecular flexibility index (Phi) is 24.5. The maximum atomic E-state index is 11.4. The summed E-state index contributed by atoms with van der Waals surface area (Å²) in [4.78, 5) is 33.9. The Balaban J connectivity index is 0.000000623. The van der Waals surface area contributed by atoms with E-state index in [9.17, 15) is 9.59 Å². The Bertz CT molecular complexity index is 1130. The van der Waals surface area contributed by atoms with E-state index in [-0.39, 0.29) is 5.91 Å². The smallest absolute Gasteiger partial charge is 0.237 e. The number of aromatic nitrogens is 2. The number of rotatable bonds is 10. The van der Waals surface area contributed by atoms with Crippen LogP contribution in [0.1, 0.15) is 70.2 Å². The zero-order chi connectivity index (χ0) is 33.9. The van der Waals surface area contributed by atoms with E-state index in [2.05, 4.69) is 51.0 Å². The van der Waals surface area contributed by atoms with Crippen LogP contribution in [0.4, 0.5) is 11.5 Å². The number of H-pyrrole nitrogens is 1. The number of hydrogen-bond acceptors (Lipinski definition) is 10. The van der Waals surface area contributed by atoms with Crippen molar-refractivity contribution in [1.29, 1.82) is 5.26 Å². The first-order valence-electron chi connectivity index (χ1n) is 15.6. The number of aromatic amines is 1. The normalized spacial score (nSPS) is 15.2. The van der Waals surface area contributed by atoms with Crippen LogP contribution in [0.3, 0.4) is 0 Å². The highest BCUT2D eigenvalue weighted by Crippen LogP contribution is 2.30. The predicted molar refractivity (Wildman–Crippen MR) is 187 cm³/mol. The summed E-state index contributed by atoms with van der Waals surface area (Å²) in [7, 11) is 3.72. The van der Waals surface area contributed by atoms with Crippen LogP contribution in [-0.2, 0) is 9.59 Å². The fourth-order valence-electron chi connectivity index (χ4n) is 4.30. The van der Waals surface area contributed by atoms with Crippen molar-refractivity contribution >= 4 is 42.2 Å². The van der Waals surface area contributed by atoms with Gasteiger partial charge in [-0.1, -0.05) is 50.6 Å². The van der Waals surface area contributed by atoms with E-state index in [0.717, 1.165) is 29.4 Å². The maximum Gasteiger partial charge on any atom is 0.237 e. The maximum absolute atomic E-state index is 11.4. The van der Waals surface area contributed by atoms with Gasteiger partial charge < -0.3 is 30.5 Å². The molecule has 0 unspecified atom stereocenters. The lowest BCUT2D eigenvalue weighted by atomic mass is 10.2. The number of amides is 1. The molecule has 1 aromatic heterocycles. The summed E-state index contributed by atoms with van der Waals surface area (Å²) in [5, 5.41) is 25.8. The first kappa shape index (κ1) is 41.3. The lowest BCUT2D eigenvalue weighted by Gasteiger charge is -2.19. The third kappa shape index (κ3) is 18.0. The van der Waals surface area contributed by atoms with Crippen molar-refractivity contribution in [3.05, 3.63) is 52.7 Å². The molecule has 45 heavy (non-hydrogen) atoms. The lowest BCUT2D eigenvalue weighted by molar-refractivity contribution is -0.124. The third-order valence-corrected chi connectivity index (χ3v) is 7.62. The van der Waals surface area contributed by atoms with Crippen molar-refractivity contribution in [3.8, 4) is 6.07 Å². The molecular weight excluding hydrogens is 588 g/mol. The molecule has 0 saturated carbocycles. The average Bonchev–Trinajstić information content (AvgIpc) is 3.62. The molecule has 250 valence electrons. The zero-order valence-corrected chi connectivity index (χ0v) is 28.8. The van der Waals surface area contributed by atoms with Crippen LogP contribution in [0.5, 0.6) is 0 Å². The molecule has 0 bridgehead atoms. The molecule has 2 fully saturated rings. The highest BCUT2D eigenvalue weighted by molar-refractivity contribution is 8.04. The van der Waals surface area contributed by atoms with Gasteiger partial charge in [-0.15, -0.1) is 0 Å². The minimum Gasteiger partial charge on any atom is -0.383 e. The molecule has 4 N–H and O–H groups in total. The number of benzene rings is 1. The molecule has 2 aliphatic rings. The Hall–Kier alpha value is -3.66. The first-order valence-corrected chi connectivity index (χ1v) is 16.6. The number of carbonyl (C=O) groups excluding carboxylic acids is 3. The molecule has 12 heteroatoms. The van der Waals surface area contributed by atoms with Gasteiger partial charge >= 0.3 is 0 Å². The number of aldehydes is 1. The molecule has 4 rings (SSSR count). The average molecular weight is 643 g/mol. The Labute approximate surface area is 274 Å². The molecule has 0 spiro atoms. The molecule has 2 aliphatic heterocycles. The van der Waals surface area contributed by atoms with Crippen LogP contribution in [-0.4, -0.2) is 97.6 Å². The Morgan fingerprint density at radius 1 is 1.18 bits per heavy atom. The lowest BCUT2D eigenvalue weighted by Crippen LogP contribution is -2.27. The largest absolute Gasteiger partial charge is 0.383 e. The van der Waals surface area contributed by atoms with Gasteiger partial charge in [-0.2, -0.15) is 10.4 Å². The van der Waals surface area contributed by atoms with Gasteiger partial charge in [-0.3, -0.25) is 14.7 Å². The molecule has 2 saturated heterocycles. The van der Waals surface area contributed by atoms with Crippen molar-refractivity contribution < 1.29 is 14.4 Å². The monoisotopic (exact) mass is 642 g/mol. The third-order valence-electron chi connectivity index (χ3n) is 6.44. The molecule has 1 aromatic carbocycles. The quantitative estimate of drug-likeness (QED) is 0.151. The second-order valence-corrected chi connectivity index (χ2v) is 11.2. The standard InChI is InChI=1S/C10H11N5OS.C10H22N2.C10H13NO.C2H6.CH2O/c1-15-9(16)6-17-10(15)7(4-11)5-12-8-2-3-13-14-8;1-11-7-6-10-12-8-4-2-3-5-9-12;1-8(2)11-10-5-3-4-9(6-10)7-12;2*1-2/h2-3H,5-6H2,1H3,(H2,12,13,14);11H,2-10H2,1H3;3-8,11H,1-2H3;1-2H3;1H2/b10-7-;;;;. The molecule has 0 atom stereocenters. The van der Waals surface area contributed by atoms with Crippen LogP contribution in [0.15, 0.2) is 47.1 Å². The minimum absolute atomic E-state index is 0.0271. The van der Waals surface area contributed by atoms with Crippen LogP contribution < -0.4 is 16.0 Å². The highest BCUT2D eigenvalue weighted by atomic mass is 32.2. The fourth-order valence-corrected chi connectivity index (χ4v) is 5.34. The summed E-state index contributed by atoms with van der Waals surface area (Å²) in [6, 6.07) is 11.7. The Morgan fingerprint density at radius 3 is 2.38 bits per heavy atom. The molecule has 1 amide bonds. The SMILES string of the molecule is C=O.CC.CC(C)Nc1cccc(C=O)c1.CN1C(=O)CS/C1=C(/C#N)CNc1ccn[nH]1.CNCCCN1CCCCCC1. The summed E-state index contributed by atoms with van der Waals surface area (Å²) in [5.74, 6) is 1.18. The number of anilines is 2. The van der Waals surface area contributed by atoms with Gasteiger partial charge in [0.2, 0.25) is 5.91 Å². The summed E-state index contributed by atoms with van der Waals surface area (Å²) in [6.07, 6.45) is 9.51. The summed E-state index contributed by atoms with van der Waals surface area (Å²) in [6.45, 7) is 15.6. The van der Waals surface area contributed by atoms with Gasteiger partial charge in [0.05, 0.1) is 35.2 Å².